The number of anilines is 1. The third kappa shape index (κ3) is 4.09. The zero-order chi connectivity index (χ0) is 20.6. The van der Waals surface area contributed by atoms with Gasteiger partial charge in [-0.25, -0.2) is 17.5 Å². The molecule has 0 amide bonds. The van der Waals surface area contributed by atoms with Crippen LogP contribution in [0.15, 0.2) is 53.7 Å². The molecule has 0 atom stereocenters. The first-order valence-electron chi connectivity index (χ1n) is 9.44. The number of hydrogen-bond donors (Lipinski definition) is 1. The Hall–Kier alpha value is -2.94. The lowest BCUT2D eigenvalue weighted by Crippen LogP contribution is -2.19. The Morgan fingerprint density at radius 2 is 1.97 bits per heavy atom. The van der Waals surface area contributed by atoms with E-state index in [2.05, 4.69) is 9.82 Å². The normalized spacial score (nSPS) is 14.1. The van der Waals surface area contributed by atoms with E-state index in [0.29, 0.717) is 30.5 Å². The molecule has 0 spiro atoms. The van der Waals surface area contributed by atoms with Crippen LogP contribution < -0.4 is 10.3 Å². The van der Waals surface area contributed by atoms with E-state index in [-0.39, 0.29) is 11.2 Å². The minimum Gasteiger partial charge on any atom is -0.313 e. The van der Waals surface area contributed by atoms with E-state index in [0.717, 1.165) is 12.1 Å². The summed E-state index contributed by atoms with van der Waals surface area (Å²) >= 11 is 0. The first-order chi connectivity index (χ1) is 13.9. The minimum atomic E-state index is -3.52. The van der Waals surface area contributed by atoms with E-state index in [9.17, 15) is 17.6 Å². The highest BCUT2D eigenvalue weighted by Crippen LogP contribution is 2.31. The second-order valence-corrected chi connectivity index (χ2v) is 9.09. The molecular weight excluding hydrogens is 395 g/mol. The minimum absolute atomic E-state index is 0.0558. The van der Waals surface area contributed by atoms with Gasteiger partial charge in [0.05, 0.1) is 22.8 Å². The van der Waals surface area contributed by atoms with Crippen molar-refractivity contribution in [1.82, 2.24) is 14.3 Å². The number of sulfonamides is 1. The molecule has 0 radical (unpaired) electrons. The maximum Gasteiger partial charge on any atom is 0.250 e. The van der Waals surface area contributed by atoms with Gasteiger partial charge in [-0.15, -0.1) is 0 Å². The Labute approximate surface area is 167 Å². The van der Waals surface area contributed by atoms with Crippen LogP contribution in [0.25, 0.3) is 16.8 Å². The van der Waals surface area contributed by atoms with E-state index in [1.54, 1.807) is 40.0 Å². The number of aromatic nitrogens is 3. The molecule has 1 fully saturated rings. The summed E-state index contributed by atoms with van der Waals surface area (Å²) in [6.45, 7) is 2.61. The lowest BCUT2D eigenvalue weighted by Gasteiger charge is -2.09. The summed E-state index contributed by atoms with van der Waals surface area (Å²) < 4.78 is 44.1. The Kier molecular flexibility index (Phi) is 4.99. The van der Waals surface area contributed by atoms with Crippen LogP contribution in [0.2, 0.25) is 0 Å². The smallest absolute Gasteiger partial charge is 0.250 e. The number of nitrogens with zero attached hydrogens (tertiary/aromatic N) is 3. The highest BCUT2D eigenvalue weighted by atomic mass is 32.2. The maximum absolute atomic E-state index is 14.5. The van der Waals surface area contributed by atoms with Crippen molar-refractivity contribution in [3.63, 3.8) is 0 Å². The summed E-state index contributed by atoms with van der Waals surface area (Å²) in [5.74, 6) is -0.643. The van der Waals surface area contributed by atoms with Crippen LogP contribution in [-0.2, 0) is 16.6 Å². The van der Waals surface area contributed by atoms with Crippen molar-refractivity contribution in [1.29, 1.82) is 0 Å². The fourth-order valence-electron chi connectivity index (χ4n) is 3.08. The van der Waals surface area contributed by atoms with E-state index in [4.69, 9.17) is 0 Å². The molecule has 0 aliphatic heterocycles. The van der Waals surface area contributed by atoms with Gasteiger partial charge in [0.15, 0.2) is 0 Å². The van der Waals surface area contributed by atoms with Gasteiger partial charge in [-0.05, 0) is 43.0 Å². The molecule has 0 bridgehead atoms. The zero-order valence-electron chi connectivity index (χ0n) is 15.9. The molecule has 9 heteroatoms. The molecule has 2 aromatic heterocycles. The van der Waals surface area contributed by atoms with Crippen LogP contribution in [0.1, 0.15) is 26.2 Å². The second kappa shape index (κ2) is 7.47. The molecule has 1 aliphatic rings. The van der Waals surface area contributed by atoms with Crippen LogP contribution in [0.5, 0.6) is 0 Å². The van der Waals surface area contributed by atoms with Gasteiger partial charge in [-0.3, -0.25) is 9.52 Å². The van der Waals surface area contributed by atoms with E-state index < -0.39 is 21.1 Å². The van der Waals surface area contributed by atoms with Crippen molar-refractivity contribution in [2.24, 2.45) is 0 Å². The van der Waals surface area contributed by atoms with E-state index in [1.807, 2.05) is 6.92 Å². The molecule has 7 nitrogen and oxygen atoms in total. The predicted octanol–water partition coefficient (Wildman–Crippen LogP) is 3.15. The summed E-state index contributed by atoms with van der Waals surface area (Å²) in [5.41, 5.74) is 1.84. The summed E-state index contributed by atoms with van der Waals surface area (Å²) in [7, 11) is -3.52. The topological polar surface area (TPSA) is 86.0 Å². The summed E-state index contributed by atoms with van der Waals surface area (Å²) in [5, 5.41) is 3.88. The SMILES string of the molecule is CCCn1cc(-n2cc(-c3ccc(NS(=O)(=O)C4CC4)c(F)c3)cn2)ccc1=O. The second-order valence-electron chi connectivity index (χ2n) is 7.13. The van der Waals surface area contributed by atoms with E-state index >= 15 is 0 Å². The summed E-state index contributed by atoms with van der Waals surface area (Å²) in [6.07, 6.45) is 7.12. The number of benzene rings is 1. The predicted molar refractivity (Wildman–Crippen MR) is 109 cm³/mol. The van der Waals surface area contributed by atoms with Crippen molar-refractivity contribution in [2.75, 3.05) is 4.72 Å². The number of rotatable bonds is 7. The Bertz CT molecular complexity index is 1210. The van der Waals surface area contributed by atoms with Gasteiger partial charge in [0.2, 0.25) is 10.0 Å². The highest BCUT2D eigenvalue weighted by molar-refractivity contribution is 7.93. The molecule has 3 aromatic rings. The fourth-order valence-corrected chi connectivity index (χ4v) is 4.47. The summed E-state index contributed by atoms with van der Waals surface area (Å²) in [6, 6.07) is 7.52. The first-order valence-corrected chi connectivity index (χ1v) is 11.0. The average molecular weight is 416 g/mol. The molecule has 0 unspecified atom stereocenters. The number of hydrogen-bond acceptors (Lipinski definition) is 4. The highest BCUT2D eigenvalue weighted by Gasteiger charge is 2.36. The number of aryl methyl sites for hydroxylation is 1. The van der Waals surface area contributed by atoms with Gasteiger partial charge in [0.25, 0.3) is 5.56 Å². The largest absolute Gasteiger partial charge is 0.313 e. The van der Waals surface area contributed by atoms with Crippen molar-refractivity contribution in [3.05, 3.63) is 65.1 Å². The average Bonchev–Trinajstić information content (AvgIpc) is 3.44. The lowest BCUT2D eigenvalue weighted by molar-refractivity contribution is 0.597. The first kappa shape index (κ1) is 19.4. The van der Waals surface area contributed by atoms with Gasteiger partial charge in [0.1, 0.15) is 5.82 Å². The zero-order valence-corrected chi connectivity index (χ0v) is 16.7. The van der Waals surface area contributed by atoms with Gasteiger partial charge in [-0.1, -0.05) is 13.0 Å². The van der Waals surface area contributed by atoms with Crippen LogP contribution in [0.4, 0.5) is 10.1 Å². The van der Waals surface area contributed by atoms with Gasteiger partial charge in [0, 0.05) is 30.6 Å². The quantitative estimate of drug-likeness (QED) is 0.641. The molecule has 0 saturated heterocycles. The molecule has 2 heterocycles. The van der Waals surface area contributed by atoms with Crippen molar-refractivity contribution >= 4 is 15.7 Å². The maximum atomic E-state index is 14.5. The van der Waals surface area contributed by atoms with Crippen LogP contribution >= 0.6 is 0 Å². The molecule has 152 valence electrons. The van der Waals surface area contributed by atoms with Gasteiger partial charge >= 0.3 is 0 Å². The molecular formula is C20H21FN4O3S. The molecule has 1 aromatic carbocycles. The summed E-state index contributed by atoms with van der Waals surface area (Å²) in [4.78, 5) is 11.9. The van der Waals surface area contributed by atoms with Gasteiger partial charge in [-0.2, -0.15) is 5.10 Å². The van der Waals surface area contributed by atoms with Crippen LogP contribution in [0.3, 0.4) is 0 Å². The van der Waals surface area contributed by atoms with Crippen LogP contribution in [0, 0.1) is 5.82 Å². The molecule has 1 saturated carbocycles. The van der Waals surface area contributed by atoms with Crippen molar-refractivity contribution in [3.8, 4) is 16.8 Å². The molecule has 1 N–H and O–H groups in total. The Morgan fingerprint density at radius 3 is 2.66 bits per heavy atom. The number of halogens is 1. The Balaban J connectivity index is 1.59. The molecule has 1 aliphatic carbocycles. The van der Waals surface area contributed by atoms with Crippen molar-refractivity contribution in [2.45, 2.75) is 38.0 Å². The third-order valence-electron chi connectivity index (χ3n) is 4.80. The van der Waals surface area contributed by atoms with Crippen molar-refractivity contribution < 1.29 is 12.8 Å². The monoisotopic (exact) mass is 416 g/mol. The molecule has 4 rings (SSSR count). The number of nitrogens with one attached hydrogen (secondary N) is 1. The number of pyridine rings is 1. The van der Waals surface area contributed by atoms with E-state index in [1.165, 1.54) is 18.2 Å². The molecule has 29 heavy (non-hydrogen) atoms. The standard InChI is InChI=1S/C20H21FN4O3S/c1-2-9-24-13-16(4-8-20(24)26)25-12-15(11-22-25)14-3-7-19(18(21)10-14)23-29(27,28)17-5-6-17/h3-4,7-8,10-13,17,23H,2,5-6,9H2,1H3. The fraction of sp³-hybridized carbons (Fsp3) is 0.300. The Morgan fingerprint density at radius 1 is 1.17 bits per heavy atom. The van der Waals surface area contributed by atoms with Crippen LogP contribution in [-0.4, -0.2) is 28.0 Å². The lowest BCUT2D eigenvalue weighted by atomic mass is 10.1. The third-order valence-corrected chi connectivity index (χ3v) is 6.65. The van der Waals surface area contributed by atoms with Gasteiger partial charge < -0.3 is 4.57 Å².